The van der Waals surface area contributed by atoms with Crippen LogP contribution in [0.15, 0.2) is 28.6 Å². The van der Waals surface area contributed by atoms with Gasteiger partial charge in [0.15, 0.2) is 4.34 Å². The smallest absolute Gasteiger partial charge is 0.236 e. The van der Waals surface area contributed by atoms with Gasteiger partial charge in [-0.05, 0) is 56.9 Å². The quantitative estimate of drug-likeness (QED) is 0.680. The van der Waals surface area contributed by atoms with Crippen LogP contribution < -0.4 is 10.1 Å². The molecule has 0 aliphatic carbocycles. The Bertz CT molecular complexity index is 750. The molecule has 1 aromatic carbocycles. The number of ether oxygens (including phenoxy) is 1. The van der Waals surface area contributed by atoms with Gasteiger partial charge in [-0.15, -0.1) is 10.2 Å². The number of methoxy groups -OCH3 is 1. The van der Waals surface area contributed by atoms with Crippen molar-refractivity contribution in [1.82, 2.24) is 15.1 Å². The van der Waals surface area contributed by atoms with E-state index in [1.54, 1.807) is 7.11 Å². The van der Waals surface area contributed by atoms with Gasteiger partial charge in [-0.25, -0.2) is 0 Å². The number of aromatic nitrogens is 2. The van der Waals surface area contributed by atoms with Crippen LogP contribution in [-0.4, -0.2) is 46.0 Å². The van der Waals surface area contributed by atoms with Gasteiger partial charge < -0.3 is 15.0 Å². The fraction of sp³-hybridized carbons (Fsp3) is 0.526. The summed E-state index contributed by atoms with van der Waals surface area (Å²) in [7, 11) is 1.64. The van der Waals surface area contributed by atoms with Gasteiger partial charge >= 0.3 is 0 Å². The van der Waals surface area contributed by atoms with Crippen LogP contribution in [0.2, 0.25) is 0 Å². The standard InChI is InChI=1S/C19H26N4O2S2/c1-4-15-7-5-6-12-23(15)17(24)13(2)26-19-22-21-18(27-19)20-14-8-10-16(25-3)11-9-14/h8-11,13,15H,4-7,12H2,1-3H3,(H,20,21). The summed E-state index contributed by atoms with van der Waals surface area (Å²) >= 11 is 2.95. The van der Waals surface area contributed by atoms with Crippen molar-refractivity contribution < 1.29 is 9.53 Å². The molecule has 8 heteroatoms. The highest BCUT2D eigenvalue weighted by molar-refractivity contribution is 8.02. The van der Waals surface area contributed by atoms with E-state index < -0.39 is 0 Å². The van der Waals surface area contributed by atoms with E-state index in [4.69, 9.17) is 4.74 Å². The SMILES string of the molecule is CCC1CCCCN1C(=O)C(C)Sc1nnc(Nc2ccc(OC)cc2)s1. The van der Waals surface area contributed by atoms with E-state index in [2.05, 4.69) is 27.3 Å². The molecule has 6 nitrogen and oxygen atoms in total. The lowest BCUT2D eigenvalue weighted by molar-refractivity contribution is -0.134. The van der Waals surface area contributed by atoms with Crippen molar-refractivity contribution in [3.8, 4) is 5.75 Å². The molecule has 0 spiro atoms. The Balaban J connectivity index is 1.58. The minimum atomic E-state index is -0.154. The number of carbonyl (C=O) groups excluding carboxylic acids is 1. The van der Waals surface area contributed by atoms with E-state index in [-0.39, 0.29) is 11.2 Å². The maximum Gasteiger partial charge on any atom is 0.236 e. The van der Waals surface area contributed by atoms with Crippen molar-refractivity contribution in [2.45, 2.75) is 55.2 Å². The van der Waals surface area contributed by atoms with Gasteiger partial charge in [-0.2, -0.15) is 0 Å². The predicted molar refractivity (Wildman–Crippen MR) is 111 cm³/mol. The average Bonchev–Trinajstić information content (AvgIpc) is 3.14. The number of amides is 1. The molecule has 1 aromatic heterocycles. The van der Waals surface area contributed by atoms with E-state index in [1.807, 2.05) is 31.2 Å². The van der Waals surface area contributed by atoms with Gasteiger partial charge in [0.1, 0.15) is 5.75 Å². The van der Waals surface area contributed by atoms with E-state index in [0.717, 1.165) is 41.6 Å². The van der Waals surface area contributed by atoms with Crippen molar-refractivity contribution in [3.05, 3.63) is 24.3 Å². The zero-order valence-corrected chi connectivity index (χ0v) is 17.6. The number of rotatable bonds is 7. The predicted octanol–water partition coefficient (Wildman–Crippen LogP) is 4.56. The number of hydrogen-bond donors (Lipinski definition) is 1. The minimum absolute atomic E-state index is 0.154. The molecule has 0 radical (unpaired) electrons. The van der Waals surface area contributed by atoms with Gasteiger partial charge in [0, 0.05) is 18.3 Å². The Kier molecular flexibility index (Phi) is 6.95. The molecular formula is C19H26N4O2S2. The van der Waals surface area contributed by atoms with E-state index >= 15 is 0 Å². The maximum absolute atomic E-state index is 12.9. The number of carbonyl (C=O) groups is 1. The Hall–Kier alpha value is -1.80. The zero-order valence-electron chi connectivity index (χ0n) is 16.0. The summed E-state index contributed by atoms with van der Waals surface area (Å²) in [6, 6.07) is 8.03. The van der Waals surface area contributed by atoms with Gasteiger partial charge in [0.05, 0.1) is 12.4 Å². The lowest BCUT2D eigenvalue weighted by atomic mass is 10.00. The number of nitrogens with zero attached hydrogens (tertiary/aromatic N) is 3. The number of hydrogen-bond acceptors (Lipinski definition) is 7. The Morgan fingerprint density at radius 3 is 2.85 bits per heavy atom. The summed E-state index contributed by atoms with van der Waals surface area (Å²) < 4.78 is 5.97. The second kappa shape index (κ2) is 9.41. The van der Waals surface area contributed by atoms with Crippen LogP contribution in [0.1, 0.15) is 39.5 Å². The molecule has 2 aromatic rings. The van der Waals surface area contributed by atoms with E-state index in [0.29, 0.717) is 11.2 Å². The van der Waals surface area contributed by atoms with Crippen LogP contribution in [0.25, 0.3) is 0 Å². The van der Waals surface area contributed by atoms with Crippen molar-refractivity contribution >= 4 is 39.8 Å². The molecule has 0 saturated carbocycles. The van der Waals surface area contributed by atoms with Crippen molar-refractivity contribution in [1.29, 1.82) is 0 Å². The fourth-order valence-electron chi connectivity index (χ4n) is 3.26. The summed E-state index contributed by atoms with van der Waals surface area (Å²) in [6.07, 6.45) is 4.47. The topological polar surface area (TPSA) is 67.4 Å². The molecule has 2 unspecified atom stereocenters. The molecule has 1 saturated heterocycles. The fourth-order valence-corrected chi connectivity index (χ4v) is 5.24. The van der Waals surface area contributed by atoms with Gasteiger partial charge in [0.2, 0.25) is 11.0 Å². The average molecular weight is 407 g/mol. The lowest BCUT2D eigenvalue weighted by Crippen LogP contribution is -2.46. The molecular weight excluding hydrogens is 380 g/mol. The van der Waals surface area contributed by atoms with Crippen molar-refractivity contribution in [3.63, 3.8) is 0 Å². The van der Waals surface area contributed by atoms with Crippen LogP contribution >= 0.6 is 23.1 Å². The maximum atomic E-state index is 12.9. The molecule has 3 rings (SSSR count). The molecule has 1 N–H and O–H groups in total. The summed E-state index contributed by atoms with van der Waals surface area (Å²) in [5.74, 6) is 1.02. The first-order chi connectivity index (χ1) is 13.1. The van der Waals surface area contributed by atoms with Crippen LogP contribution in [0.5, 0.6) is 5.75 Å². The zero-order chi connectivity index (χ0) is 19.2. The first kappa shape index (κ1) is 19.9. The minimum Gasteiger partial charge on any atom is -0.497 e. The number of thioether (sulfide) groups is 1. The highest BCUT2D eigenvalue weighted by Crippen LogP contribution is 2.32. The molecule has 27 heavy (non-hydrogen) atoms. The molecule has 1 aliphatic heterocycles. The highest BCUT2D eigenvalue weighted by atomic mass is 32.2. The third-order valence-corrected chi connectivity index (χ3v) is 6.77. The normalized spacial score (nSPS) is 18.2. The van der Waals surface area contributed by atoms with Gasteiger partial charge in [-0.3, -0.25) is 4.79 Å². The number of piperidine rings is 1. The molecule has 2 atom stereocenters. The van der Waals surface area contributed by atoms with E-state index in [1.165, 1.54) is 29.5 Å². The van der Waals surface area contributed by atoms with Gasteiger partial charge in [0.25, 0.3) is 0 Å². The van der Waals surface area contributed by atoms with Crippen LogP contribution in [0.4, 0.5) is 10.8 Å². The largest absolute Gasteiger partial charge is 0.497 e. The van der Waals surface area contributed by atoms with E-state index in [9.17, 15) is 4.79 Å². The third kappa shape index (κ3) is 5.13. The summed E-state index contributed by atoms with van der Waals surface area (Å²) in [4.78, 5) is 14.9. The molecule has 2 heterocycles. The molecule has 146 valence electrons. The van der Waals surface area contributed by atoms with Gasteiger partial charge in [-0.1, -0.05) is 30.0 Å². The molecule has 0 bridgehead atoms. The lowest BCUT2D eigenvalue weighted by Gasteiger charge is -2.36. The van der Waals surface area contributed by atoms with Crippen LogP contribution in [-0.2, 0) is 4.79 Å². The number of nitrogens with one attached hydrogen (secondary N) is 1. The second-order valence-corrected chi connectivity index (χ2v) is 9.14. The second-order valence-electron chi connectivity index (χ2n) is 6.58. The van der Waals surface area contributed by atoms with Crippen LogP contribution in [0, 0.1) is 0 Å². The first-order valence-corrected chi connectivity index (χ1v) is 11.0. The number of likely N-dealkylation sites (tertiary alicyclic amines) is 1. The summed E-state index contributed by atoms with van der Waals surface area (Å²) in [6.45, 7) is 5.00. The summed E-state index contributed by atoms with van der Waals surface area (Å²) in [5.41, 5.74) is 0.923. The third-order valence-electron chi connectivity index (χ3n) is 4.75. The van der Waals surface area contributed by atoms with Crippen molar-refractivity contribution in [2.24, 2.45) is 0 Å². The van der Waals surface area contributed by atoms with Crippen molar-refractivity contribution in [2.75, 3.05) is 19.0 Å². The Morgan fingerprint density at radius 1 is 1.37 bits per heavy atom. The summed E-state index contributed by atoms with van der Waals surface area (Å²) in [5, 5.41) is 12.2. The molecule has 1 amide bonds. The Labute approximate surface area is 168 Å². The first-order valence-electron chi connectivity index (χ1n) is 9.32. The highest BCUT2D eigenvalue weighted by Gasteiger charge is 2.29. The molecule has 1 aliphatic rings. The monoisotopic (exact) mass is 406 g/mol. The van der Waals surface area contributed by atoms with Crippen LogP contribution in [0.3, 0.4) is 0 Å². The molecule has 1 fully saturated rings. The Morgan fingerprint density at radius 2 is 2.15 bits per heavy atom. The number of anilines is 2. The number of benzene rings is 1.